The van der Waals surface area contributed by atoms with Crippen LogP contribution in [-0.2, 0) is 4.74 Å². The van der Waals surface area contributed by atoms with Crippen LogP contribution in [0.5, 0.6) is 0 Å². The minimum absolute atomic E-state index is 0.313. The Hall–Kier alpha value is -0.610. The minimum Gasteiger partial charge on any atom is -0.411 e. The number of ether oxygens (including phenoxy) is 1. The fraction of sp³-hybridized carbons (Fsp3) is 0.917. The third-order valence-corrected chi connectivity index (χ3v) is 4.39. The van der Waals surface area contributed by atoms with Gasteiger partial charge in [-0.25, -0.2) is 0 Å². The molecule has 0 spiro atoms. The van der Waals surface area contributed by atoms with Crippen molar-refractivity contribution in [3.63, 3.8) is 0 Å². The highest BCUT2D eigenvalue weighted by atomic mass is 16.5. The van der Waals surface area contributed by atoms with Crippen molar-refractivity contribution in [2.24, 2.45) is 17.0 Å². The SMILES string of the molecule is O/N=C1\[C@H]2CC[C@H](C2)[C@@H]1NC[C@H]1CCCO1. The first-order valence-electron chi connectivity index (χ1n) is 6.45. The van der Waals surface area contributed by atoms with E-state index in [2.05, 4.69) is 10.5 Å². The molecule has 4 heteroatoms. The first-order chi connectivity index (χ1) is 7.88. The topological polar surface area (TPSA) is 53.9 Å². The molecule has 1 heterocycles. The molecule has 0 aromatic heterocycles. The van der Waals surface area contributed by atoms with Gasteiger partial charge in [-0.1, -0.05) is 5.16 Å². The van der Waals surface area contributed by atoms with Crippen molar-refractivity contribution < 1.29 is 9.94 Å². The number of nitrogens with zero attached hydrogens (tertiary/aromatic N) is 1. The van der Waals surface area contributed by atoms with Crippen LogP contribution in [-0.4, -0.2) is 36.2 Å². The molecular formula is C12H20N2O2. The summed E-state index contributed by atoms with van der Waals surface area (Å²) in [5.74, 6) is 1.23. The van der Waals surface area contributed by atoms with Crippen molar-refractivity contribution >= 4 is 5.71 Å². The normalized spacial score (nSPS) is 44.6. The highest BCUT2D eigenvalue weighted by molar-refractivity contribution is 5.94. The van der Waals surface area contributed by atoms with Gasteiger partial charge in [0.2, 0.25) is 0 Å². The Morgan fingerprint density at radius 2 is 2.31 bits per heavy atom. The van der Waals surface area contributed by atoms with Crippen molar-refractivity contribution in [3.8, 4) is 0 Å². The number of nitrogens with one attached hydrogen (secondary N) is 1. The molecule has 1 aliphatic heterocycles. The Bertz CT molecular complexity index is 287. The molecule has 1 saturated heterocycles. The molecule has 0 aromatic carbocycles. The van der Waals surface area contributed by atoms with Crippen LogP contribution in [0.15, 0.2) is 5.16 Å². The largest absolute Gasteiger partial charge is 0.411 e. The molecule has 2 bridgehead atoms. The number of rotatable bonds is 3. The Morgan fingerprint density at radius 1 is 1.38 bits per heavy atom. The second kappa shape index (κ2) is 4.34. The van der Waals surface area contributed by atoms with Gasteiger partial charge in [-0.15, -0.1) is 0 Å². The quantitative estimate of drug-likeness (QED) is 0.562. The summed E-state index contributed by atoms with van der Waals surface area (Å²) in [7, 11) is 0. The molecule has 3 aliphatic rings. The molecule has 0 radical (unpaired) electrons. The van der Waals surface area contributed by atoms with E-state index < -0.39 is 0 Å². The standard InChI is InChI=1S/C12H20N2O2/c15-14-12-9-4-3-8(6-9)11(12)13-7-10-2-1-5-16-10/h8-11,13,15H,1-7H2/b14-12+/t8-,9+,10-,11+/m1/s1. The van der Waals surface area contributed by atoms with Gasteiger partial charge in [-0.2, -0.15) is 0 Å². The number of oxime groups is 1. The van der Waals surface area contributed by atoms with E-state index in [0.29, 0.717) is 24.0 Å². The average molecular weight is 224 g/mol. The maximum Gasteiger partial charge on any atom is 0.0773 e. The Kier molecular flexibility index (Phi) is 2.86. The second-order valence-electron chi connectivity index (χ2n) is 5.32. The maximum atomic E-state index is 9.07. The summed E-state index contributed by atoms with van der Waals surface area (Å²) < 4.78 is 5.60. The van der Waals surface area contributed by atoms with E-state index in [1.54, 1.807) is 0 Å². The fourth-order valence-electron chi connectivity index (χ4n) is 3.56. The molecule has 4 atom stereocenters. The zero-order valence-electron chi connectivity index (χ0n) is 9.56. The van der Waals surface area contributed by atoms with Gasteiger partial charge in [-0.3, -0.25) is 0 Å². The van der Waals surface area contributed by atoms with Gasteiger partial charge >= 0.3 is 0 Å². The van der Waals surface area contributed by atoms with E-state index in [0.717, 1.165) is 18.9 Å². The van der Waals surface area contributed by atoms with Crippen LogP contribution in [0, 0.1) is 11.8 Å². The van der Waals surface area contributed by atoms with Crippen LogP contribution in [0.1, 0.15) is 32.1 Å². The van der Waals surface area contributed by atoms with Crippen LogP contribution in [0.2, 0.25) is 0 Å². The number of hydrogen-bond donors (Lipinski definition) is 2. The van der Waals surface area contributed by atoms with Gasteiger partial charge in [0.1, 0.15) is 0 Å². The third kappa shape index (κ3) is 1.74. The first kappa shape index (κ1) is 10.5. The first-order valence-corrected chi connectivity index (χ1v) is 6.45. The van der Waals surface area contributed by atoms with Crippen molar-refractivity contribution in [2.75, 3.05) is 13.2 Å². The van der Waals surface area contributed by atoms with Crippen LogP contribution in [0.25, 0.3) is 0 Å². The smallest absolute Gasteiger partial charge is 0.0773 e. The van der Waals surface area contributed by atoms with E-state index in [1.165, 1.54) is 32.1 Å². The molecule has 90 valence electrons. The third-order valence-electron chi connectivity index (χ3n) is 4.39. The zero-order valence-corrected chi connectivity index (χ0v) is 9.56. The number of hydrogen-bond acceptors (Lipinski definition) is 4. The summed E-state index contributed by atoms with van der Waals surface area (Å²) in [6.07, 6.45) is 6.43. The lowest BCUT2D eigenvalue weighted by Crippen LogP contribution is -2.44. The van der Waals surface area contributed by atoms with E-state index in [9.17, 15) is 0 Å². The highest BCUT2D eigenvalue weighted by Crippen LogP contribution is 2.42. The second-order valence-corrected chi connectivity index (χ2v) is 5.32. The molecule has 0 aromatic rings. The van der Waals surface area contributed by atoms with Gasteiger partial charge < -0.3 is 15.3 Å². The van der Waals surface area contributed by atoms with Crippen molar-refractivity contribution in [1.29, 1.82) is 0 Å². The lowest BCUT2D eigenvalue weighted by atomic mass is 9.93. The molecule has 3 fully saturated rings. The Labute approximate surface area is 96.0 Å². The fourth-order valence-corrected chi connectivity index (χ4v) is 3.56. The van der Waals surface area contributed by atoms with E-state index in [4.69, 9.17) is 9.94 Å². The monoisotopic (exact) mass is 224 g/mol. The summed E-state index contributed by atoms with van der Waals surface area (Å²) in [6, 6.07) is 0.313. The van der Waals surface area contributed by atoms with Crippen LogP contribution < -0.4 is 5.32 Å². The van der Waals surface area contributed by atoms with Gasteiger partial charge in [0.15, 0.2) is 0 Å². The molecule has 3 rings (SSSR count). The van der Waals surface area contributed by atoms with Gasteiger partial charge in [0.25, 0.3) is 0 Å². The van der Waals surface area contributed by atoms with E-state index in [-0.39, 0.29) is 0 Å². The predicted octanol–water partition coefficient (Wildman–Crippen LogP) is 1.38. The summed E-state index contributed by atoms with van der Waals surface area (Å²) in [5, 5.41) is 16.1. The molecular weight excluding hydrogens is 204 g/mol. The molecule has 4 nitrogen and oxygen atoms in total. The number of fused-ring (bicyclic) bond motifs is 2. The lowest BCUT2D eigenvalue weighted by molar-refractivity contribution is 0.107. The van der Waals surface area contributed by atoms with Crippen LogP contribution in [0.4, 0.5) is 0 Å². The minimum atomic E-state index is 0.313. The van der Waals surface area contributed by atoms with Crippen molar-refractivity contribution in [2.45, 2.75) is 44.2 Å². The zero-order chi connectivity index (χ0) is 11.0. The molecule has 0 amide bonds. The highest BCUT2D eigenvalue weighted by Gasteiger charge is 2.45. The molecule has 16 heavy (non-hydrogen) atoms. The van der Waals surface area contributed by atoms with E-state index >= 15 is 0 Å². The van der Waals surface area contributed by atoms with E-state index in [1.807, 2.05) is 0 Å². The molecule has 2 saturated carbocycles. The molecule has 2 aliphatic carbocycles. The summed E-state index contributed by atoms with van der Waals surface area (Å²) in [4.78, 5) is 0. The van der Waals surface area contributed by atoms with Gasteiger partial charge in [0.05, 0.1) is 17.9 Å². The Balaban J connectivity index is 1.57. The summed E-state index contributed by atoms with van der Waals surface area (Å²) >= 11 is 0. The predicted molar refractivity (Wildman–Crippen MR) is 60.8 cm³/mol. The Morgan fingerprint density at radius 3 is 3.06 bits per heavy atom. The van der Waals surface area contributed by atoms with Crippen molar-refractivity contribution in [3.05, 3.63) is 0 Å². The van der Waals surface area contributed by atoms with Crippen LogP contribution in [0.3, 0.4) is 0 Å². The average Bonchev–Trinajstić information content (AvgIpc) is 3.01. The molecule has 2 N–H and O–H groups in total. The lowest BCUT2D eigenvalue weighted by Gasteiger charge is -2.25. The summed E-state index contributed by atoms with van der Waals surface area (Å²) in [6.45, 7) is 1.82. The van der Waals surface area contributed by atoms with Crippen molar-refractivity contribution in [1.82, 2.24) is 5.32 Å². The maximum absolute atomic E-state index is 9.07. The van der Waals surface area contributed by atoms with Gasteiger partial charge in [0, 0.05) is 19.1 Å². The summed E-state index contributed by atoms with van der Waals surface area (Å²) in [5.41, 5.74) is 0.995. The molecule has 0 unspecified atom stereocenters. The van der Waals surface area contributed by atoms with Crippen LogP contribution >= 0.6 is 0 Å². The van der Waals surface area contributed by atoms with Gasteiger partial charge in [-0.05, 0) is 38.0 Å².